The minimum absolute atomic E-state index is 0.625. The molecular formula is C18H28N2. The van der Waals surface area contributed by atoms with Gasteiger partial charge in [0.25, 0.3) is 0 Å². The Morgan fingerprint density at radius 2 is 1.85 bits per heavy atom. The Labute approximate surface area is 123 Å². The highest BCUT2D eigenvalue weighted by Gasteiger charge is 2.42. The standard InChI is InChI=1S/C18H28N2/c1-13(2)14-4-6-15(7-5-14)18-16(12-19-3)10-11-20(18)17-8-9-17/h4-7,13,16-19H,8-12H2,1-3H3. The van der Waals surface area contributed by atoms with Gasteiger partial charge in [-0.2, -0.15) is 0 Å². The largest absolute Gasteiger partial charge is 0.319 e. The monoisotopic (exact) mass is 272 g/mol. The van der Waals surface area contributed by atoms with E-state index in [0.29, 0.717) is 12.0 Å². The second kappa shape index (κ2) is 5.87. The molecule has 1 saturated heterocycles. The molecule has 2 nitrogen and oxygen atoms in total. The number of rotatable bonds is 5. The van der Waals surface area contributed by atoms with Gasteiger partial charge >= 0.3 is 0 Å². The summed E-state index contributed by atoms with van der Waals surface area (Å²) in [6.07, 6.45) is 4.16. The van der Waals surface area contributed by atoms with E-state index in [2.05, 4.69) is 55.4 Å². The van der Waals surface area contributed by atoms with Gasteiger partial charge in [-0.25, -0.2) is 0 Å². The number of hydrogen-bond acceptors (Lipinski definition) is 2. The van der Waals surface area contributed by atoms with Crippen molar-refractivity contribution < 1.29 is 0 Å². The van der Waals surface area contributed by atoms with Gasteiger partial charge in [0.1, 0.15) is 0 Å². The Balaban J connectivity index is 1.82. The van der Waals surface area contributed by atoms with E-state index in [9.17, 15) is 0 Å². The van der Waals surface area contributed by atoms with Crippen molar-refractivity contribution in [1.29, 1.82) is 0 Å². The van der Waals surface area contributed by atoms with Crippen LogP contribution in [-0.2, 0) is 0 Å². The van der Waals surface area contributed by atoms with E-state index in [0.717, 1.165) is 18.5 Å². The summed E-state index contributed by atoms with van der Waals surface area (Å²) in [6, 6.07) is 10.9. The molecule has 110 valence electrons. The molecule has 0 amide bonds. The van der Waals surface area contributed by atoms with Gasteiger partial charge in [0, 0.05) is 12.1 Å². The first kappa shape index (κ1) is 14.1. The SMILES string of the molecule is CNCC1CCN(C2CC2)C1c1ccc(C(C)C)cc1. The Morgan fingerprint density at radius 1 is 1.15 bits per heavy atom. The average molecular weight is 272 g/mol. The number of likely N-dealkylation sites (tertiary alicyclic amines) is 1. The van der Waals surface area contributed by atoms with Crippen LogP contribution in [0.1, 0.15) is 56.2 Å². The predicted molar refractivity (Wildman–Crippen MR) is 85.0 cm³/mol. The molecule has 2 atom stereocenters. The van der Waals surface area contributed by atoms with Crippen molar-refractivity contribution in [3.05, 3.63) is 35.4 Å². The maximum absolute atomic E-state index is 3.39. The molecule has 0 aromatic heterocycles. The highest BCUT2D eigenvalue weighted by molar-refractivity contribution is 5.28. The molecule has 2 fully saturated rings. The summed E-state index contributed by atoms with van der Waals surface area (Å²) in [7, 11) is 2.08. The van der Waals surface area contributed by atoms with Crippen LogP contribution in [0, 0.1) is 5.92 Å². The molecule has 1 N–H and O–H groups in total. The van der Waals surface area contributed by atoms with Crippen molar-refractivity contribution in [2.45, 2.75) is 51.1 Å². The lowest BCUT2D eigenvalue weighted by atomic mass is 9.91. The minimum atomic E-state index is 0.625. The van der Waals surface area contributed by atoms with E-state index < -0.39 is 0 Å². The zero-order valence-corrected chi connectivity index (χ0v) is 13.1. The molecule has 1 aliphatic heterocycles. The first-order valence-electron chi connectivity index (χ1n) is 8.21. The van der Waals surface area contributed by atoms with E-state index in [1.165, 1.54) is 36.9 Å². The topological polar surface area (TPSA) is 15.3 Å². The van der Waals surface area contributed by atoms with Gasteiger partial charge in [-0.05, 0) is 62.4 Å². The fourth-order valence-corrected chi connectivity index (χ4v) is 3.72. The van der Waals surface area contributed by atoms with Crippen molar-refractivity contribution in [1.82, 2.24) is 10.2 Å². The van der Waals surface area contributed by atoms with E-state index in [1.54, 1.807) is 0 Å². The van der Waals surface area contributed by atoms with Crippen LogP contribution in [0.2, 0.25) is 0 Å². The quantitative estimate of drug-likeness (QED) is 0.882. The maximum atomic E-state index is 3.39. The van der Waals surface area contributed by atoms with Crippen LogP contribution in [0.3, 0.4) is 0 Å². The highest BCUT2D eigenvalue weighted by Crippen LogP contribution is 2.44. The van der Waals surface area contributed by atoms with Crippen LogP contribution < -0.4 is 5.32 Å². The summed E-state index contributed by atoms with van der Waals surface area (Å²) >= 11 is 0. The van der Waals surface area contributed by atoms with Gasteiger partial charge < -0.3 is 5.32 Å². The molecule has 2 aliphatic rings. The van der Waals surface area contributed by atoms with Gasteiger partial charge in [-0.15, -0.1) is 0 Å². The third kappa shape index (κ3) is 2.77. The second-order valence-electron chi connectivity index (χ2n) is 6.84. The molecule has 0 radical (unpaired) electrons. The smallest absolute Gasteiger partial charge is 0.0391 e. The summed E-state index contributed by atoms with van der Waals surface area (Å²) in [4.78, 5) is 2.77. The Hall–Kier alpha value is -0.860. The van der Waals surface area contributed by atoms with Gasteiger partial charge in [-0.1, -0.05) is 38.1 Å². The zero-order chi connectivity index (χ0) is 14.1. The zero-order valence-electron chi connectivity index (χ0n) is 13.1. The third-order valence-corrected chi connectivity index (χ3v) is 4.99. The summed E-state index contributed by atoms with van der Waals surface area (Å²) in [5, 5.41) is 3.39. The lowest BCUT2D eigenvalue weighted by molar-refractivity contribution is 0.217. The van der Waals surface area contributed by atoms with Crippen molar-refractivity contribution in [3.8, 4) is 0 Å². The predicted octanol–water partition coefficient (Wildman–Crippen LogP) is 3.55. The van der Waals surface area contributed by atoms with Crippen LogP contribution in [0.15, 0.2) is 24.3 Å². The fourth-order valence-electron chi connectivity index (χ4n) is 3.72. The first-order chi connectivity index (χ1) is 9.70. The highest BCUT2D eigenvalue weighted by atomic mass is 15.2. The van der Waals surface area contributed by atoms with E-state index in [4.69, 9.17) is 0 Å². The molecule has 1 saturated carbocycles. The number of hydrogen-bond donors (Lipinski definition) is 1. The van der Waals surface area contributed by atoms with E-state index in [-0.39, 0.29) is 0 Å². The average Bonchev–Trinajstić information content (AvgIpc) is 3.21. The van der Waals surface area contributed by atoms with Crippen LogP contribution in [0.4, 0.5) is 0 Å². The minimum Gasteiger partial charge on any atom is -0.319 e. The summed E-state index contributed by atoms with van der Waals surface area (Å²) in [5.74, 6) is 1.39. The van der Waals surface area contributed by atoms with Crippen LogP contribution in [-0.4, -0.2) is 31.1 Å². The molecule has 2 unspecified atom stereocenters. The van der Waals surface area contributed by atoms with E-state index in [1.807, 2.05) is 0 Å². The third-order valence-electron chi connectivity index (χ3n) is 4.99. The molecule has 3 rings (SSSR count). The molecule has 20 heavy (non-hydrogen) atoms. The van der Waals surface area contributed by atoms with Crippen LogP contribution >= 0.6 is 0 Å². The van der Waals surface area contributed by atoms with Gasteiger partial charge in [0.05, 0.1) is 0 Å². The molecule has 1 heterocycles. The summed E-state index contributed by atoms with van der Waals surface area (Å²) in [5.41, 5.74) is 2.98. The number of nitrogens with one attached hydrogen (secondary N) is 1. The van der Waals surface area contributed by atoms with Crippen LogP contribution in [0.5, 0.6) is 0 Å². The molecular weight excluding hydrogens is 244 g/mol. The molecule has 1 aromatic carbocycles. The second-order valence-corrected chi connectivity index (χ2v) is 6.84. The fraction of sp³-hybridized carbons (Fsp3) is 0.667. The molecule has 0 spiro atoms. The number of nitrogens with zero attached hydrogens (tertiary/aromatic N) is 1. The van der Waals surface area contributed by atoms with Gasteiger partial charge in [0.15, 0.2) is 0 Å². The number of benzene rings is 1. The first-order valence-corrected chi connectivity index (χ1v) is 8.21. The van der Waals surface area contributed by atoms with Crippen molar-refractivity contribution >= 4 is 0 Å². The van der Waals surface area contributed by atoms with Gasteiger partial charge in [-0.3, -0.25) is 4.90 Å². The lowest BCUT2D eigenvalue weighted by Gasteiger charge is -2.29. The summed E-state index contributed by atoms with van der Waals surface area (Å²) in [6.45, 7) is 6.96. The van der Waals surface area contributed by atoms with E-state index >= 15 is 0 Å². The van der Waals surface area contributed by atoms with Crippen molar-refractivity contribution in [3.63, 3.8) is 0 Å². The maximum Gasteiger partial charge on any atom is 0.0391 e. The van der Waals surface area contributed by atoms with Crippen LogP contribution in [0.25, 0.3) is 0 Å². The summed E-state index contributed by atoms with van der Waals surface area (Å²) < 4.78 is 0. The molecule has 0 bridgehead atoms. The molecule has 2 heteroatoms. The lowest BCUT2D eigenvalue weighted by Crippen LogP contribution is -2.30. The Bertz CT molecular complexity index is 433. The molecule has 1 aliphatic carbocycles. The van der Waals surface area contributed by atoms with Crippen molar-refractivity contribution in [2.24, 2.45) is 5.92 Å². The normalized spacial score (nSPS) is 27.4. The molecule has 1 aromatic rings. The Kier molecular flexibility index (Phi) is 4.13. The Morgan fingerprint density at radius 3 is 2.40 bits per heavy atom. The van der Waals surface area contributed by atoms with Gasteiger partial charge in [0.2, 0.25) is 0 Å². The van der Waals surface area contributed by atoms with Crippen molar-refractivity contribution in [2.75, 3.05) is 20.1 Å².